The Morgan fingerprint density at radius 2 is 0.449 bits per heavy atom. The van der Waals surface area contributed by atoms with E-state index in [4.69, 9.17) is 62.4 Å². The molecule has 0 radical (unpaired) electrons. The molecular formula is C74H132N26O27. The van der Waals surface area contributed by atoms with Crippen molar-refractivity contribution in [2.24, 2.45) is 78.2 Å². The van der Waals surface area contributed by atoms with E-state index in [-0.39, 0.29) is 122 Å². The van der Waals surface area contributed by atoms with Gasteiger partial charge in [0.1, 0.15) is 84.6 Å². The highest BCUT2D eigenvalue weighted by Crippen LogP contribution is 2.16. The molecule has 0 aromatic carbocycles. The molecule has 0 aliphatic carbocycles. The first-order chi connectivity index (χ1) is 59.6. The molecule has 0 aliphatic heterocycles. The van der Waals surface area contributed by atoms with E-state index in [1.165, 1.54) is 20.8 Å². The van der Waals surface area contributed by atoms with E-state index >= 15 is 0 Å². The van der Waals surface area contributed by atoms with Crippen LogP contribution in [0.1, 0.15) is 188 Å². The van der Waals surface area contributed by atoms with Crippen molar-refractivity contribution in [3.05, 3.63) is 0 Å². The number of hydrogen-bond acceptors (Lipinski definition) is 28. The molecule has 0 fully saturated rings. The standard InChI is InChI=1S/C74H132N26O27/c1-36(2)56(69(124)97-47(22-27-52(107)108)66(121)93-44(19-13-35-87-74(83)84)61(116)94-45(20-25-50(103)104)64(119)90-41(16-7-10-32-77)63(118)98-49(71(126)127)24-29-54(111)112)99-70(125)57(38(4)102)100-67(122)48(23-28-53(109)110)95-62(117)43(18-12-34-86-73(81)82)92-60(115)42(17-11-33-85-72(79)80)91-59(114)39(14-5-8-30-75)88-58(113)40(15-6-9-31-76)89-65(120)46(21-26-51(105)106)96-68(123)55(78)37(3)101/h36-49,55-57,101-102H,5-35,75-78H2,1-4H3,(H,88,113)(H,89,120)(H,90,119)(H,91,114)(H,92,115)(H,93,121)(H,94,116)(H,95,117)(H,96,123)(H,97,124)(H,98,118)(H,99,125)(H,100,122)(H,103,104)(H,105,106)(H,107,108)(H,109,110)(H,111,112)(H,126,127)(H4,79,80,85)(H4,81,82,86)(H4,83,84,87)/t37?,38?,39?,40-,41?,42?,43+,44?,45+,46?,47-,48-,49+,55-,56-,57?/m1/s1. The second-order valence-electron chi connectivity index (χ2n) is 30.1. The molecule has 0 spiro atoms. The smallest absolute Gasteiger partial charge is 0.326 e. The predicted octanol–water partition coefficient (Wildman–Crippen LogP) is -11.0. The lowest BCUT2D eigenvalue weighted by atomic mass is 10.0. The van der Waals surface area contributed by atoms with E-state index < -0.39 is 304 Å². The number of aliphatic hydroxyl groups excluding tert-OH is 2. The van der Waals surface area contributed by atoms with Crippen LogP contribution >= 0.6 is 0 Å². The highest BCUT2D eigenvalue weighted by Gasteiger charge is 2.40. The van der Waals surface area contributed by atoms with Crippen LogP contribution in [-0.4, -0.2) is 307 Å². The van der Waals surface area contributed by atoms with E-state index in [0.717, 1.165) is 6.92 Å². The molecule has 0 aliphatic rings. The van der Waals surface area contributed by atoms with Gasteiger partial charge in [0.2, 0.25) is 76.8 Å². The molecule has 127 heavy (non-hydrogen) atoms. The topological polar surface area (TPSA) is 940 Å². The third-order valence-electron chi connectivity index (χ3n) is 19.0. The van der Waals surface area contributed by atoms with Crippen molar-refractivity contribution in [3.8, 4) is 0 Å². The summed E-state index contributed by atoms with van der Waals surface area (Å²) in [5.74, 6) is -26.4. The predicted molar refractivity (Wildman–Crippen MR) is 452 cm³/mol. The number of hydrogen-bond donors (Lipinski definition) is 31. The summed E-state index contributed by atoms with van der Waals surface area (Å²) < 4.78 is 0. The monoisotopic (exact) mass is 1820 g/mol. The van der Waals surface area contributed by atoms with Gasteiger partial charge in [-0.2, -0.15) is 0 Å². The first kappa shape index (κ1) is 114. The number of guanidine groups is 3. The van der Waals surface area contributed by atoms with Crippen LogP contribution in [0.4, 0.5) is 0 Å². The third kappa shape index (κ3) is 49.7. The number of carbonyl (C=O) groups excluding carboxylic acids is 13. The van der Waals surface area contributed by atoms with Gasteiger partial charge in [-0.05, 0) is 168 Å². The molecule has 53 nitrogen and oxygen atoms in total. The summed E-state index contributed by atoms with van der Waals surface area (Å²) in [6, 6.07) is -24.5. The van der Waals surface area contributed by atoms with E-state index in [0.29, 0.717) is 6.42 Å². The number of rotatable bonds is 69. The zero-order chi connectivity index (χ0) is 96.8. The number of carbonyl (C=O) groups is 19. The van der Waals surface area contributed by atoms with E-state index in [9.17, 15) is 127 Å². The van der Waals surface area contributed by atoms with E-state index in [1.807, 2.05) is 0 Å². The van der Waals surface area contributed by atoms with E-state index in [2.05, 4.69) is 84.1 Å². The van der Waals surface area contributed by atoms with Crippen LogP contribution in [0.2, 0.25) is 0 Å². The Labute approximate surface area is 731 Å². The molecule has 0 saturated heterocycles. The third-order valence-corrected chi connectivity index (χ3v) is 19.0. The lowest BCUT2D eigenvalue weighted by Gasteiger charge is -2.30. The lowest BCUT2D eigenvalue weighted by molar-refractivity contribution is -0.144. The fourth-order valence-corrected chi connectivity index (χ4v) is 11.9. The molecule has 720 valence electrons. The minimum Gasteiger partial charge on any atom is -0.481 e. The number of aliphatic imine (C=N–C) groups is 3. The van der Waals surface area contributed by atoms with Crippen molar-refractivity contribution in [3.63, 3.8) is 0 Å². The Balaban J connectivity index is 7.72. The maximum Gasteiger partial charge on any atom is 0.326 e. The summed E-state index contributed by atoms with van der Waals surface area (Å²) >= 11 is 0. The molecule has 0 aromatic rings. The van der Waals surface area contributed by atoms with Crippen LogP contribution in [-0.2, 0) is 91.1 Å². The Hall–Kier alpha value is -12.5. The molecule has 53 heteroatoms. The van der Waals surface area contributed by atoms with Crippen molar-refractivity contribution in [1.82, 2.24) is 69.1 Å². The van der Waals surface area contributed by atoms with Crippen LogP contribution < -0.4 is 126 Å². The second-order valence-corrected chi connectivity index (χ2v) is 30.1. The molecule has 8 unspecified atom stereocenters. The van der Waals surface area contributed by atoms with E-state index in [1.54, 1.807) is 0 Å². The number of unbranched alkanes of at least 4 members (excludes halogenated alkanes) is 3. The Bertz CT molecular complexity index is 3730. The molecule has 0 aromatic heterocycles. The van der Waals surface area contributed by atoms with Gasteiger partial charge in [0, 0.05) is 51.7 Å². The molecular weight excluding hydrogens is 1680 g/mol. The summed E-state index contributed by atoms with van der Waals surface area (Å²) in [6.07, 6.45) is -11.2. The highest BCUT2D eigenvalue weighted by molar-refractivity contribution is 6.01. The summed E-state index contributed by atoms with van der Waals surface area (Å²) in [7, 11) is 0. The lowest BCUT2D eigenvalue weighted by Crippen LogP contribution is -2.62. The fourth-order valence-electron chi connectivity index (χ4n) is 11.9. The van der Waals surface area contributed by atoms with Crippen molar-refractivity contribution in [2.45, 2.75) is 285 Å². The number of carboxylic acid groups (broad SMARTS) is 6. The van der Waals surface area contributed by atoms with Crippen molar-refractivity contribution < 1.29 is 132 Å². The minimum atomic E-state index is -2.12. The van der Waals surface area contributed by atoms with Gasteiger partial charge < -0.3 is 167 Å². The van der Waals surface area contributed by atoms with Gasteiger partial charge >= 0.3 is 35.8 Å². The van der Waals surface area contributed by atoms with Crippen LogP contribution in [0.3, 0.4) is 0 Å². The molecule has 16 atom stereocenters. The number of aliphatic hydroxyl groups is 2. The fraction of sp³-hybridized carbons (Fsp3) is 0.703. The number of nitrogens with one attached hydrogen (secondary N) is 13. The molecule has 0 heterocycles. The Kier molecular flexibility index (Phi) is 56.4. The summed E-state index contributed by atoms with van der Waals surface area (Å²) in [5, 5.41) is 110. The highest BCUT2D eigenvalue weighted by atomic mass is 16.4. The van der Waals surface area contributed by atoms with Gasteiger partial charge in [0.15, 0.2) is 17.9 Å². The van der Waals surface area contributed by atoms with Gasteiger partial charge in [-0.3, -0.25) is 101 Å². The average molecular weight is 1820 g/mol. The van der Waals surface area contributed by atoms with Crippen LogP contribution in [0.25, 0.3) is 0 Å². The maximum absolute atomic E-state index is 14.8. The number of carboxylic acids is 6. The summed E-state index contributed by atoms with van der Waals surface area (Å²) in [4.78, 5) is 268. The Morgan fingerprint density at radius 3 is 0.661 bits per heavy atom. The van der Waals surface area contributed by atoms with Gasteiger partial charge in [0.25, 0.3) is 0 Å². The second kappa shape index (κ2) is 62.6. The first-order valence-corrected chi connectivity index (χ1v) is 41.3. The first-order valence-electron chi connectivity index (χ1n) is 41.3. The zero-order valence-corrected chi connectivity index (χ0v) is 71.7. The number of nitrogens with two attached hydrogens (primary N) is 10. The summed E-state index contributed by atoms with van der Waals surface area (Å²) in [6.45, 7) is 4.67. The van der Waals surface area contributed by atoms with Crippen molar-refractivity contribution >= 4 is 130 Å². The normalized spacial score (nSPS) is 14.8. The average Bonchev–Trinajstić information content (AvgIpc) is 0.846. The van der Waals surface area contributed by atoms with Crippen LogP contribution in [0, 0.1) is 5.92 Å². The van der Waals surface area contributed by atoms with Gasteiger partial charge in [-0.1, -0.05) is 13.8 Å². The molecule has 0 saturated carbocycles. The number of aliphatic carboxylic acids is 6. The molecule has 0 rings (SSSR count). The van der Waals surface area contributed by atoms with Crippen molar-refractivity contribution in [2.75, 3.05) is 39.3 Å². The van der Waals surface area contributed by atoms with Crippen LogP contribution in [0.5, 0.6) is 0 Å². The molecule has 0 bridgehead atoms. The maximum atomic E-state index is 14.8. The SMILES string of the molecule is CC(O)C(NC(=O)[C@@H](CCC(=O)O)NC(=O)[C@H](CCCN=C(N)N)NC(=O)C(CCCN=C(N)N)NC(=O)C(CCCCN)NC(=O)[C@@H](CCCCN)NC(=O)C(CCC(=O)O)NC(=O)[C@H](N)C(C)O)C(=O)N[C@@H](C(=O)N[C@H](CCC(=O)O)C(=O)NC(CCCN=C(N)N)C(=O)N[C@@H](CCC(=O)O)C(=O)NC(CCCCN)C(=O)N[C@@H](CCC(=O)O)C(=O)O)C(C)C. The number of nitrogens with zero attached hydrogens (tertiary/aromatic N) is 3. The minimum absolute atomic E-state index is 0.0718. The Morgan fingerprint density at radius 1 is 0.252 bits per heavy atom. The van der Waals surface area contributed by atoms with Gasteiger partial charge in [-0.25, -0.2) is 4.79 Å². The van der Waals surface area contributed by atoms with Crippen LogP contribution in [0.15, 0.2) is 15.0 Å². The van der Waals surface area contributed by atoms with Gasteiger partial charge in [0.05, 0.1) is 12.2 Å². The quantitative estimate of drug-likeness (QED) is 0.0153. The summed E-state index contributed by atoms with van der Waals surface area (Å²) in [5.41, 5.74) is 56.2. The zero-order valence-electron chi connectivity index (χ0n) is 71.7. The molecule has 41 N–H and O–H groups in total. The number of amides is 13. The van der Waals surface area contributed by atoms with Gasteiger partial charge in [-0.15, -0.1) is 0 Å². The molecule has 13 amide bonds. The largest absolute Gasteiger partial charge is 0.481 e. The van der Waals surface area contributed by atoms with Crippen molar-refractivity contribution in [1.29, 1.82) is 0 Å².